The molecule has 1 aromatic heterocycles. The number of H-pyrrole nitrogens is 1. The number of thioether (sulfide) groups is 1. The number of aromatic nitrogens is 2. The van der Waals surface area contributed by atoms with Crippen LogP contribution in [0, 0.1) is 0 Å². The molecule has 0 aliphatic heterocycles. The number of nitrogens with zero attached hydrogens (tertiary/aromatic N) is 1. The number of nitrogens with two attached hydrogens (primary N) is 1. The summed E-state index contributed by atoms with van der Waals surface area (Å²) in [6, 6.07) is 0. The van der Waals surface area contributed by atoms with Gasteiger partial charge in [-0.05, 0) is 0 Å². The van der Waals surface area contributed by atoms with Crippen LogP contribution in [0.25, 0.3) is 0 Å². The van der Waals surface area contributed by atoms with Gasteiger partial charge in [-0.2, -0.15) is 11.8 Å². The Labute approximate surface area is 69.2 Å². The highest BCUT2D eigenvalue weighted by Crippen LogP contribution is 2.16. The van der Waals surface area contributed by atoms with Crippen molar-refractivity contribution in [2.24, 2.45) is 5.73 Å². The molecule has 0 bridgehead atoms. The van der Waals surface area contributed by atoms with Gasteiger partial charge in [0.05, 0.1) is 12.0 Å². The van der Waals surface area contributed by atoms with Crippen molar-refractivity contribution in [3.05, 3.63) is 12.0 Å². The van der Waals surface area contributed by atoms with E-state index in [1.54, 1.807) is 11.8 Å². The maximum Gasteiger partial charge on any atom is 0.233 e. The average molecular weight is 173 g/mol. The molecule has 1 aromatic rings. The zero-order valence-electron chi connectivity index (χ0n) is 6.08. The zero-order valence-corrected chi connectivity index (χ0v) is 6.90. The number of hydrogen-bond donors (Lipinski definition) is 3. The SMILES string of the molecule is NCCSCc1[nH]cnc1O. The summed E-state index contributed by atoms with van der Waals surface area (Å²) in [5.74, 6) is 1.73. The standard InChI is InChI=1S/C6H11N3OS/c7-1-2-11-3-5-6(10)9-4-8-5/h4,10H,1-3,7H2,(H,8,9). The molecule has 4 nitrogen and oxygen atoms in total. The fourth-order valence-electron chi connectivity index (χ4n) is 0.678. The molecule has 4 N–H and O–H groups in total. The lowest BCUT2D eigenvalue weighted by atomic mass is 10.5. The maximum atomic E-state index is 9.06. The summed E-state index contributed by atoms with van der Waals surface area (Å²) in [4.78, 5) is 6.49. The zero-order chi connectivity index (χ0) is 8.10. The number of rotatable bonds is 4. The van der Waals surface area contributed by atoms with E-state index in [1.165, 1.54) is 6.33 Å². The highest BCUT2D eigenvalue weighted by molar-refractivity contribution is 7.98. The van der Waals surface area contributed by atoms with E-state index in [0.29, 0.717) is 6.54 Å². The van der Waals surface area contributed by atoms with Gasteiger partial charge in [-0.25, -0.2) is 4.98 Å². The second-order valence-electron chi connectivity index (χ2n) is 2.05. The van der Waals surface area contributed by atoms with Gasteiger partial charge in [-0.15, -0.1) is 0 Å². The summed E-state index contributed by atoms with van der Waals surface area (Å²) in [5.41, 5.74) is 6.06. The Morgan fingerprint density at radius 2 is 2.55 bits per heavy atom. The number of nitrogens with one attached hydrogen (secondary N) is 1. The van der Waals surface area contributed by atoms with E-state index in [4.69, 9.17) is 10.8 Å². The van der Waals surface area contributed by atoms with Crippen molar-refractivity contribution in [1.82, 2.24) is 9.97 Å². The molecule has 1 rings (SSSR count). The molecule has 0 aliphatic carbocycles. The van der Waals surface area contributed by atoms with Crippen LogP contribution in [0.5, 0.6) is 5.88 Å². The van der Waals surface area contributed by atoms with Gasteiger partial charge in [0.2, 0.25) is 5.88 Å². The molecule has 0 spiro atoms. The van der Waals surface area contributed by atoms with Gasteiger partial charge in [0.25, 0.3) is 0 Å². The predicted octanol–water partition coefficient (Wildman–Crippen LogP) is 0.307. The molecule has 0 aliphatic rings. The summed E-state index contributed by atoms with van der Waals surface area (Å²) in [6.07, 6.45) is 1.48. The van der Waals surface area contributed by atoms with Crippen LogP contribution in [0.3, 0.4) is 0 Å². The highest BCUT2D eigenvalue weighted by atomic mass is 32.2. The van der Waals surface area contributed by atoms with Gasteiger partial charge in [0, 0.05) is 18.1 Å². The third kappa shape index (κ3) is 2.44. The predicted molar refractivity (Wildman–Crippen MR) is 45.5 cm³/mol. The Hall–Kier alpha value is -0.680. The van der Waals surface area contributed by atoms with Crippen molar-refractivity contribution in [3.63, 3.8) is 0 Å². The monoisotopic (exact) mass is 173 g/mol. The van der Waals surface area contributed by atoms with E-state index < -0.39 is 0 Å². The molecule has 0 unspecified atom stereocenters. The number of imidazole rings is 1. The molecule has 0 amide bonds. The lowest BCUT2D eigenvalue weighted by Crippen LogP contribution is -2.01. The first-order valence-corrected chi connectivity index (χ1v) is 4.49. The first-order valence-electron chi connectivity index (χ1n) is 3.33. The maximum absolute atomic E-state index is 9.06. The van der Waals surface area contributed by atoms with Crippen LogP contribution in [-0.4, -0.2) is 27.4 Å². The Balaban J connectivity index is 2.32. The van der Waals surface area contributed by atoms with Crippen LogP contribution < -0.4 is 5.73 Å². The number of aromatic amines is 1. The first-order chi connectivity index (χ1) is 5.34. The van der Waals surface area contributed by atoms with Crippen LogP contribution in [0.4, 0.5) is 0 Å². The first kappa shape index (κ1) is 8.42. The smallest absolute Gasteiger partial charge is 0.233 e. The van der Waals surface area contributed by atoms with Gasteiger partial charge in [-0.3, -0.25) is 0 Å². The van der Waals surface area contributed by atoms with Crippen LogP contribution in [-0.2, 0) is 5.75 Å². The van der Waals surface area contributed by atoms with Gasteiger partial charge >= 0.3 is 0 Å². The fraction of sp³-hybridized carbons (Fsp3) is 0.500. The lowest BCUT2D eigenvalue weighted by molar-refractivity contribution is 0.452. The molecule has 0 radical (unpaired) electrons. The van der Waals surface area contributed by atoms with Crippen molar-refractivity contribution < 1.29 is 5.11 Å². The van der Waals surface area contributed by atoms with Crippen molar-refractivity contribution in [2.75, 3.05) is 12.3 Å². The van der Waals surface area contributed by atoms with Crippen LogP contribution in [0.1, 0.15) is 5.69 Å². The van der Waals surface area contributed by atoms with E-state index in [-0.39, 0.29) is 5.88 Å². The van der Waals surface area contributed by atoms with Crippen molar-refractivity contribution in [1.29, 1.82) is 0 Å². The van der Waals surface area contributed by atoms with Crippen molar-refractivity contribution in [2.45, 2.75) is 5.75 Å². The molecule has 62 valence electrons. The molecule has 11 heavy (non-hydrogen) atoms. The normalized spacial score (nSPS) is 10.3. The molecule has 0 saturated heterocycles. The topological polar surface area (TPSA) is 74.9 Å². The second-order valence-corrected chi connectivity index (χ2v) is 3.15. The minimum absolute atomic E-state index is 0.0921. The van der Waals surface area contributed by atoms with Crippen molar-refractivity contribution >= 4 is 11.8 Å². The molecular formula is C6H11N3OS. The Kier molecular flexibility index (Phi) is 3.25. The minimum Gasteiger partial charge on any atom is -0.492 e. The Bertz CT molecular complexity index is 213. The number of hydrogen-bond acceptors (Lipinski definition) is 4. The average Bonchev–Trinajstić information content (AvgIpc) is 2.37. The van der Waals surface area contributed by atoms with E-state index in [0.717, 1.165) is 17.2 Å². The molecule has 0 atom stereocenters. The second kappa shape index (κ2) is 4.25. The largest absolute Gasteiger partial charge is 0.492 e. The van der Waals surface area contributed by atoms with Crippen LogP contribution in [0.15, 0.2) is 6.33 Å². The molecule has 5 heteroatoms. The molecular weight excluding hydrogens is 162 g/mol. The third-order valence-electron chi connectivity index (χ3n) is 1.20. The molecule has 0 aromatic carbocycles. The van der Waals surface area contributed by atoms with E-state index in [9.17, 15) is 0 Å². The van der Waals surface area contributed by atoms with Crippen LogP contribution >= 0.6 is 11.8 Å². The van der Waals surface area contributed by atoms with E-state index in [1.807, 2.05) is 0 Å². The van der Waals surface area contributed by atoms with Gasteiger partial charge < -0.3 is 15.8 Å². The summed E-state index contributed by atoms with van der Waals surface area (Å²) < 4.78 is 0. The van der Waals surface area contributed by atoms with Crippen LogP contribution in [0.2, 0.25) is 0 Å². The third-order valence-corrected chi connectivity index (χ3v) is 2.22. The van der Waals surface area contributed by atoms with Gasteiger partial charge in [0.15, 0.2) is 0 Å². The Morgan fingerprint density at radius 1 is 1.73 bits per heavy atom. The Morgan fingerprint density at radius 3 is 3.09 bits per heavy atom. The fourth-order valence-corrected chi connectivity index (χ4v) is 1.41. The highest BCUT2D eigenvalue weighted by Gasteiger charge is 2.01. The van der Waals surface area contributed by atoms with E-state index >= 15 is 0 Å². The summed E-state index contributed by atoms with van der Waals surface area (Å²) in [7, 11) is 0. The summed E-state index contributed by atoms with van der Waals surface area (Å²) in [5, 5.41) is 9.06. The van der Waals surface area contributed by atoms with E-state index in [2.05, 4.69) is 9.97 Å². The number of aromatic hydroxyl groups is 1. The summed E-state index contributed by atoms with van der Waals surface area (Å²) >= 11 is 1.67. The van der Waals surface area contributed by atoms with Crippen molar-refractivity contribution in [3.8, 4) is 5.88 Å². The quantitative estimate of drug-likeness (QED) is 0.573. The molecule has 0 fully saturated rings. The van der Waals surface area contributed by atoms with Gasteiger partial charge in [0.1, 0.15) is 0 Å². The minimum atomic E-state index is 0.0921. The van der Waals surface area contributed by atoms with Gasteiger partial charge in [-0.1, -0.05) is 0 Å². The molecule has 1 heterocycles. The summed E-state index contributed by atoms with van der Waals surface area (Å²) in [6.45, 7) is 0.666. The molecule has 0 saturated carbocycles. The lowest BCUT2D eigenvalue weighted by Gasteiger charge is -1.96.